The van der Waals surface area contributed by atoms with Gasteiger partial charge in [0.05, 0.1) is 15.0 Å². The van der Waals surface area contributed by atoms with Gasteiger partial charge in [-0.2, -0.15) is 0 Å². The van der Waals surface area contributed by atoms with Crippen molar-refractivity contribution in [3.63, 3.8) is 0 Å². The highest BCUT2D eigenvalue weighted by molar-refractivity contribution is 7.99. The number of ether oxygens (including phenoxy) is 2. The quantitative estimate of drug-likeness (QED) is 0.472. The summed E-state index contributed by atoms with van der Waals surface area (Å²) in [6.45, 7) is 0.288. The Kier molecular flexibility index (Phi) is 4.65. The van der Waals surface area contributed by atoms with E-state index in [1.807, 2.05) is 24.3 Å². The second-order valence-electron chi connectivity index (χ2n) is 5.09. The molecule has 0 amide bonds. The van der Waals surface area contributed by atoms with Gasteiger partial charge in [-0.1, -0.05) is 35.5 Å². The zero-order valence-electron chi connectivity index (χ0n) is 12.7. The molecule has 3 heterocycles. The average Bonchev–Trinajstić information content (AvgIpc) is 3.28. The van der Waals surface area contributed by atoms with E-state index in [0.717, 1.165) is 0 Å². The van der Waals surface area contributed by atoms with Gasteiger partial charge in [-0.25, -0.2) is 0 Å². The van der Waals surface area contributed by atoms with Gasteiger partial charge in [0, 0.05) is 0 Å². The lowest BCUT2D eigenvalue weighted by Crippen LogP contribution is -2.21. The first kappa shape index (κ1) is 16.4. The van der Waals surface area contributed by atoms with Crippen molar-refractivity contribution in [1.82, 2.24) is 10.2 Å². The standard InChI is InChI=1S/C16H11ClN2O4S2/c17-14-6-5-13(25-14)9(20)8-24-16-19-18-15(23-16)12-7-21-10-3-1-2-4-11(10)22-12/h1-6,12H,7-8H2/t12-/m0/s1. The number of thioether (sulfide) groups is 1. The number of ketones is 1. The van der Waals surface area contributed by atoms with Crippen molar-refractivity contribution in [2.45, 2.75) is 11.3 Å². The normalized spacial score (nSPS) is 16.0. The van der Waals surface area contributed by atoms with Crippen molar-refractivity contribution in [2.75, 3.05) is 12.4 Å². The lowest BCUT2D eigenvalue weighted by molar-refractivity contribution is 0.0686. The molecule has 0 spiro atoms. The number of hydrogen-bond acceptors (Lipinski definition) is 8. The van der Waals surface area contributed by atoms with E-state index in [1.54, 1.807) is 12.1 Å². The molecule has 0 N–H and O–H groups in total. The van der Waals surface area contributed by atoms with Crippen molar-refractivity contribution in [1.29, 1.82) is 0 Å². The molecule has 0 bridgehead atoms. The zero-order valence-corrected chi connectivity index (χ0v) is 15.1. The molecular formula is C16H11ClN2O4S2. The number of carbonyl (C=O) groups is 1. The van der Waals surface area contributed by atoms with E-state index in [0.29, 0.717) is 31.8 Å². The van der Waals surface area contributed by atoms with Crippen LogP contribution in [0.25, 0.3) is 0 Å². The Morgan fingerprint density at radius 2 is 2.08 bits per heavy atom. The lowest BCUT2D eigenvalue weighted by atomic mass is 10.2. The Bertz CT molecular complexity index is 911. The fraction of sp³-hybridized carbons (Fsp3) is 0.188. The van der Waals surface area contributed by atoms with Crippen LogP contribution in [0.3, 0.4) is 0 Å². The number of nitrogens with zero attached hydrogens (tertiary/aromatic N) is 2. The fourth-order valence-corrected chi connectivity index (χ4v) is 3.94. The molecule has 1 atom stereocenters. The minimum absolute atomic E-state index is 0.0344. The third-order valence-electron chi connectivity index (χ3n) is 3.38. The second-order valence-corrected chi connectivity index (χ2v) is 7.73. The van der Waals surface area contributed by atoms with Crippen LogP contribution in [0.15, 0.2) is 46.0 Å². The van der Waals surface area contributed by atoms with Crippen LogP contribution >= 0.6 is 34.7 Å². The molecule has 2 aromatic heterocycles. The smallest absolute Gasteiger partial charge is 0.277 e. The summed E-state index contributed by atoms with van der Waals surface area (Å²) in [5.74, 6) is 1.81. The fourth-order valence-electron chi connectivity index (χ4n) is 2.21. The lowest BCUT2D eigenvalue weighted by Gasteiger charge is -2.23. The van der Waals surface area contributed by atoms with E-state index in [9.17, 15) is 4.79 Å². The summed E-state index contributed by atoms with van der Waals surface area (Å²) in [6, 6.07) is 10.8. The van der Waals surface area contributed by atoms with Crippen molar-refractivity contribution >= 4 is 40.5 Å². The number of rotatable bonds is 5. The van der Waals surface area contributed by atoms with Crippen molar-refractivity contribution in [3.8, 4) is 11.5 Å². The molecule has 128 valence electrons. The third kappa shape index (κ3) is 3.65. The molecular weight excluding hydrogens is 384 g/mol. The molecule has 1 aliphatic rings. The predicted octanol–water partition coefficient (Wildman–Crippen LogP) is 4.27. The van der Waals surface area contributed by atoms with Crippen molar-refractivity contribution < 1.29 is 18.7 Å². The molecule has 0 aliphatic carbocycles. The van der Waals surface area contributed by atoms with Gasteiger partial charge in [-0.3, -0.25) is 4.79 Å². The second kappa shape index (κ2) is 7.07. The molecule has 3 aromatic rings. The summed E-state index contributed by atoms with van der Waals surface area (Å²) in [4.78, 5) is 12.7. The SMILES string of the molecule is O=C(CSc1nnc([C@@H]2COc3ccccc3O2)o1)c1ccc(Cl)s1. The molecule has 0 saturated carbocycles. The highest BCUT2D eigenvalue weighted by Gasteiger charge is 2.27. The summed E-state index contributed by atoms with van der Waals surface area (Å²) >= 11 is 8.27. The van der Waals surface area contributed by atoms with Crippen LogP contribution in [0.1, 0.15) is 21.7 Å². The van der Waals surface area contributed by atoms with Gasteiger partial charge in [-0.05, 0) is 24.3 Å². The number of halogens is 1. The number of benzene rings is 1. The summed E-state index contributed by atoms with van der Waals surface area (Å²) in [6.07, 6.45) is -0.469. The minimum atomic E-state index is -0.469. The summed E-state index contributed by atoms with van der Waals surface area (Å²) in [5.41, 5.74) is 0. The van der Waals surface area contributed by atoms with Crippen LogP contribution in [-0.2, 0) is 0 Å². The Hall–Kier alpha value is -2.03. The molecule has 0 unspecified atom stereocenters. The Labute approximate surface area is 156 Å². The molecule has 0 saturated heterocycles. The van der Waals surface area contributed by atoms with Gasteiger partial charge in [0.2, 0.25) is 6.10 Å². The van der Waals surface area contributed by atoms with E-state index in [-0.39, 0.29) is 18.1 Å². The van der Waals surface area contributed by atoms with Crippen LogP contribution < -0.4 is 9.47 Å². The number of fused-ring (bicyclic) bond motifs is 1. The topological polar surface area (TPSA) is 74.5 Å². The van der Waals surface area contributed by atoms with Crippen LogP contribution in [0.2, 0.25) is 4.34 Å². The maximum atomic E-state index is 12.1. The van der Waals surface area contributed by atoms with E-state index >= 15 is 0 Å². The molecule has 0 radical (unpaired) electrons. The largest absolute Gasteiger partial charge is 0.485 e. The molecule has 0 fully saturated rings. The summed E-state index contributed by atoms with van der Waals surface area (Å²) in [7, 11) is 0. The maximum absolute atomic E-state index is 12.1. The van der Waals surface area contributed by atoms with Gasteiger partial charge < -0.3 is 13.9 Å². The summed E-state index contributed by atoms with van der Waals surface area (Å²) in [5, 5.41) is 8.26. The van der Waals surface area contributed by atoms with Gasteiger partial charge in [0.15, 0.2) is 17.3 Å². The van der Waals surface area contributed by atoms with Crippen molar-refractivity contribution in [2.24, 2.45) is 0 Å². The maximum Gasteiger partial charge on any atom is 0.277 e. The average molecular weight is 395 g/mol. The summed E-state index contributed by atoms with van der Waals surface area (Å²) < 4.78 is 17.6. The minimum Gasteiger partial charge on any atom is -0.485 e. The van der Waals surface area contributed by atoms with Crippen LogP contribution in [0, 0.1) is 0 Å². The highest BCUT2D eigenvalue weighted by Crippen LogP contribution is 2.36. The first-order chi connectivity index (χ1) is 12.2. The number of aromatic nitrogens is 2. The molecule has 25 heavy (non-hydrogen) atoms. The molecule has 9 heteroatoms. The predicted molar refractivity (Wildman–Crippen MR) is 94.0 cm³/mol. The first-order valence-electron chi connectivity index (χ1n) is 7.32. The molecule has 4 rings (SSSR count). The molecule has 1 aliphatic heterocycles. The Balaban J connectivity index is 1.38. The van der Waals surface area contributed by atoms with E-state index in [4.69, 9.17) is 25.5 Å². The van der Waals surface area contributed by atoms with E-state index < -0.39 is 6.10 Å². The van der Waals surface area contributed by atoms with E-state index in [2.05, 4.69) is 10.2 Å². The number of thiophene rings is 1. The van der Waals surface area contributed by atoms with Gasteiger partial charge >= 0.3 is 0 Å². The Morgan fingerprint density at radius 1 is 1.24 bits per heavy atom. The number of carbonyl (C=O) groups excluding carboxylic acids is 1. The van der Waals surface area contributed by atoms with Gasteiger partial charge in [-0.15, -0.1) is 21.5 Å². The molecule has 1 aromatic carbocycles. The number of Topliss-reactive ketones (excluding diaryl/α,β-unsaturated/α-hetero) is 1. The monoisotopic (exact) mass is 394 g/mol. The van der Waals surface area contributed by atoms with E-state index in [1.165, 1.54) is 23.1 Å². The molecule has 6 nitrogen and oxygen atoms in total. The van der Waals surface area contributed by atoms with Gasteiger partial charge in [0.25, 0.3) is 11.1 Å². The highest BCUT2D eigenvalue weighted by atomic mass is 35.5. The van der Waals surface area contributed by atoms with Crippen LogP contribution in [0.5, 0.6) is 11.5 Å². The number of hydrogen-bond donors (Lipinski definition) is 0. The zero-order chi connectivity index (χ0) is 17.2. The number of para-hydroxylation sites is 2. The third-order valence-corrected chi connectivity index (χ3v) is 5.47. The van der Waals surface area contributed by atoms with Crippen LogP contribution in [0.4, 0.5) is 0 Å². The Morgan fingerprint density at radius 3 is 2.88 bits per heavy atom. The van der Waals surface area contributed by atoms with Crippen LogP contribution in [-0.4, -0.2) is 28.3 Å². The first-order valence-corrected chi connectivity index (χ1v) is 9.50. The van der Waals surface area contributed by atoms with Gasteiger partial charge in [0.1, 0.15) is 6.61 Å². The van der Waals surface area contributed by atoms with Crippen molar-refractivity contribution in [3.05, 3.63) is 51.5 Å².